The minimum absolute atomic E-state index is 0.0447. The van der Waals surface area contributed by atoms with E-state index in [2.05, 4.69) is 9.97 Å². The fourth-order valence-electron chi connectivity index (χ4n) is 3.23. The van der Waals surface area contributed by atoms with Crippen molar-refractivity contribution in [1.29, 1.82) is 0 Å². The minimum atomic E-state index is -0.376. The van der Waals surface area contributed by atoms with Gasteiger partial charge < -0.3 is 10.1 Å². The monoisotopic (exact) mass is 328 g/mol. The zero-order chi connectivity index (χ0) is 16.7. The summed E-state index contributed by atoms with van der Waals surface area (Å²) in [5, 5.41) is 9.77. The molecule has 4 rings (SSSR count). The zero-order valence-corrected chi connectivity index (χ0v) is 12.8. The fraction of sp³-hybridized carbons (Fsp3) is 0.333. The summed E-state index contributed by atoms with van der Waals surface area (Å²) in [6, 6.07) is 3.27. The van der Waals surface area contributed by atoms with Gasteiger partial charge >= 0.3 is 11.7 Å². The van der Waals surface area contributed by atoms with Crippen molar-refractivity contribution in [3.63, 3.8) is 0 Å². The number of hydrogen-bond acceptors (Lipinski definition) is 5. The Morgan fingerprint density at radius 1 is 1.25 bits per heavy atom. The first-order valence-corrected chi connectivity index (χ1v) is 7.71. The Morgan fingerprint density at radius 2 is 2.04 bits per heavy atom. The molecule has 0 unspecified atom stereocenters. The van der Waals surface area contributed by atoms with E-state index < -0.39 is 0 Å². The van der Waals surface area contributed by atoms with Crippen molar-refractivity contribution in [2.75, 3.05) is 13.1 Å². The molecule has 0 bridgehead atoms. The highest BCUT2D eigenvalue weighted by Gasteiger charge is 2.29. The standard InChI is InChI=1S/C15H16N6O3/c22-14-17-13-12(2-1-6-20(13)24)21(14)11-3-7-18(8-4-11)15(23)19-9-5-16-10-19/h1-2,5-6,9-11,24H,3-4,7-8H2. The van der Waals surface area contributed by atoms with Crippen LogP contribution in [0, 0.1) is 0 Å². The summed E-state index contributed by atoms with van der Waals surface area (Å²) < 4.78 is 3.91. The van der Waals surface area contributed by atoms with Gasteiger partial charge in [-0.25, -0.2) is 14.6 Å². The van der Waals surface area contributed by atoms with Gasteiger partial charge in [-0.05, 0) is 25.0 Å². The molecule has 1 N–H and O–H groups in total. The molecule has 1 aromatic rings. The Kier molecular flexibility index (Phi) is 3.33. The Balaban J connectivity index is 1.54. The van der Waals surface area contributed by atoms with Crippen LogP contribution in [0.1, 0.15) is 18.9 Å². The van der Waals surface area contributed by atoms with Gasteiger partial charge in [0.2, 0.25) is 0 Å². The van der Waals surface area contributed by atoms with E-state index in [0.717, 1.165) is 4.73 Å². The molecule has 0 atom stereocenters. The molecule has 9 nitrogen and oxygen atoms in total. The third-order valence-electron chi connectivity index (χ3n) is 4.42. The molecular weight excluding hydrogens is 312 g/mol. The van der Waals surface area contributed by atoms with E-state index in [4.69, 9.17) is 0 Å². The topological polar surface area (TPSA) is 98.2 Å². The normalized spacial score (nSPS) is 15.9. The highest BCUT2D eigenvalue weighted by Crippen LogP contribution is 2.27. The Morgan fingerprint density at radius 3 is 2.75 bits per heavy atom. The lowest BCUT2D eigenvalue weighted by molar-refractivity contribution is 0.172. The second-order valence-corrected chi connectivity index (χ2v) is 5.80. The van der Waals surface area contributed by atoms with Crippen LogP contribution in [0.15, 0.2) is 41.8 Å². The third kappa shape index (κ3) is 2.25. The molecule has 4 heterocycles. The molecule has 1 amide bonds. The van der Waals surface area contributed by atoms with E-state index in [0.29, 0.717) is 31.6 Å². The maximum Gasteiger partial charge on any atom is 0.350 e. The Hall–Kier alpha value is -3.10. The first-order valence-electron chi connectivity index (χ1n) is 7.71. The number of carbonyl (C=O) groups excluding carboxylic acids is 1. The summed E-state index contributed by atoms with van der Waals surface area (Å²) in [4.78, 5) is 34.1. The number of imidazole rings is 2. The van der Waals surface area contributed by atoms with Crippen LogP contribution in [0.2, 0.25) is 0 Å². The molecule has 1 saturated heterocycles. The highest BCUT2D eigenvalue weighted by atomic mass is 16.5. The molecule has 3 aliphatic rings. The van der Waals surface area contributed by atoms with Crippen molar-refractivity contribution in [3.05, 3.63) is 47.5 Å². The lowest BCUT2D eigenvalue weighted by atomic mass is 10.0. The summed E-state index contributed by atoms with van der Waals surface area (Å²) in [6.07, 6.45) is 7.41. The molecule has 124 valence electrons. The lowest BCUT2D eigenvalue weighted by Gasteiger charge is -2.32. The second-order valence-electron chi connectivity index (χ2n) is 5.80. The number of pyridine rings is 1. The number of amides is 1. The van der Waals surface area contributed by atoms with E-state index >= 15 is 0 Å². The van der Waals surface area contributed by atoms with Crippen LogP contribution >= 0.6 is 0 Å². The van der Waals surface area contributed by atoms with Gasteiger partial charge in [0.25, 0.3) is 0 Å². The van der Waals surface area contributed by atoms with Gasteiger partial charge in [-0.3, -0.25) is 9.13 Å². The van der Waals surface area contributed by atoms with Crippen molar-refractivity contribution >= 4 is 6.03 Å². The van der Waals surface area contributed by atoms with E-state index in [1.165, 1.54) is 17.1 Å². The molecule has 0 spiro atoms. The highest BCUT2D eigenvalue weighted by molar-refractivity contribution is 5.76. The number of aromatic nitrogens is 5. The zero-order valence-electron chi connectivity index (χ0n) is 12.8. The molecule has 9 heteroatoms. The van der Waals surface area contributed by atoms with Crippen LogP contribution in [0.3, 0.4) is 0 Å². The Bertz CT molecular complexity index is 888. The molecule has 0 aliphatic carbocycles. The lowest BCUT2D eigenvalue weighted by Crippen LogP contribution is -2.42. The van der Waals surface area contributed by atoms with E-state index in [-0.39, 0.29) is 23.6 Å². The van der Waals surface area contributed by atoms with E-state index in [9.17, 15) is 14.8 Å². The number of piperidine rings is 1. The van der Waals surface area contributed by atoms with Crippen LogP contribution in [0.5, 0.6) is 0 Å². The van der Waals surface area contributed by atoms with Gasteiger partial charge in [-0.1, -0.05) is 0 Å². The second kappa shape index (κ2) is 5.52. The van der Waals surface area contributed by atoms with Crippen LogP contribution in [0.4, 0.5) is 4.79 Å². The maximum atomic E-state index is 12.3. The summed E-state index contributed by atoms with van der Waals surface area (Å²) in [5.74, 6) is 0.249. The number of carbonyl (C=O) groups is 1. The van der Waals surface area contributed by atoms with Gasteiger partial charge in [0.15, 0.2) is 5.82 Å². The van der Waals surface area contributed by atoms with Crippen molar-refractivity contribution in [2.24, 2.45) is 0 Å². The first-order chi connectivity index (χ1) is 11.6. The van der Waals surface area contributed by atoms with Gasteiger partial charge in [-0.2, -0.15) is 9.71 Å². The van der Waals surface area contributed by atoms with Gasteiger partial charge in [0.05, 0.1) is 5.69 Å². The predicted octanol–water partition coefficient (Wildman–Crippen LogP) is 0.889. The van der Waals surface area contributed by atoms with Crippen molar-refractivity contribution in [2.45, 2.75) is 18.9 Å². The van der Waals surface area contributed by atoms with E-state index in [1.54, 1.807) is 34.0 Å². The number of rotatable bonds is 1. The summed E-state index contributed by atoms with van der Waals surface area (Å²) in [6.45, 7) is 1.10. The largest absolute Gasteiger partial charge is 0.427 e. The van der Waals surface area contributed by atoms with Gasteiger partial charge in [-0.15, -0.1) is 0 Å². The predicted molar refractivity (Wildman–Crippen MR) is 83.2 cm³/mol. The summed E-state index contributed by atoms with van der Waals surface area (Å²) in [5.41, 5.74) is 0.225. The molecular formula is C15H16N6O3. The van der Waals surface area contributed by atoms with Gasteiger partial charge in [0, 0.05) is 37.7 Å². The summed E-state index contributed by atoms with van der Waals surface area (Å²) >= 11 is 0. The average molecular weight is 328 g/mol. The number of likely N-dealkylation sites (tertiary alicyclic amines) is 1. The van der Waals surface area contributed by atoms with Crippen LogP contribution in [-0.4, -0.2) is 53.1 Å². The minimum Gasteiger partial charge on any atom is -0.427 e. The number of nitrogens with zero attached hydrogens (tertiary/aromatic N) is 6. The number of fused-ring (bicyclic) bond motifs is 1. The fourth-order valence-corrected chi connectivity index (χ4v) is 3.23. The van der Waals surface area contributed by atoms with Crippen molar-refractivity contribution in [3.8, 4) is 11.5 Å². The third-order valence-corrected chi connectivity index (χ3v) is 4.42. The molecule has 0 saturated carbocycles. The summed E-state index contributed by atoms with van der Waals surface area (Å²) in [7, 11) is 0. The molecule has 3 aliphatic heterocycles. The van der Waals surface area contributed by atoms with E-state index in [1.807, 2.05) is 0 Å². The van der Waals surface area contributed by atoms with Crippen molar-refractivity contribution < 1.29 is 10.0 Å². The molecule has 24 heavy (non-hydrogen) atoms. The first kappa shape index (κ1) is 14.5. The van der Waals surface area contributed by atoms with Gasteiger partial charge in [0.1, 0.15) is 6.33 Å². The molecule has 1 aromatic heterocycles. The molecule has 0 radical (unpaired) electrons. The quantitative estimate of drug-likeness (QED) is 0.669. The Labute approximate surface area is 136 Å². The smallest absolute Gasteiger partial charge is 0.350 e. The van der Waals surface area contributed by atoms with Crippen LogP contribution in [0.25, 0.3) is 11.5 Å². The van der Waals surface area contributed by atoms with Crippen molar-refractivity contribution in [1.82, 2.24) is 28.7 Å². The maximum absolute atomic E-state index is 12.3. The van der Waals surface area contributed by atoms with Crippen LogP contribution in [-0.2, 0) is 0 Å². The van der Waals surface area contributed by atoms with Crippen LogP contribution < -0.4 is 5.69 Å². The number of hydrogen-bond donors (Lipinski definition) is 1. The molecule has 1 fully saturated rings. The average Bonchev–Trinajstić information content (AvgIpc) is 3.23. The SMILES string of the molecule is O=C(N1CCC(n2c3cccn(O)c-3nc2=O)CC1)n1ccnc1. The molecule has 0 aromatic carbocycles.